The quantitative estimate of drug-likeness (QED) is 0.771. The number of thiophene rings is 2. The van der Waals surface area contributed by atoms with Gasteiger partial charge in [0.2, 0.25) is 5.91 Å². The van der Waals surface area contributed by atoms with Crippen LogP contribution in [0.15, 0.2) is 29.0 Å². The minimum Gasteiger partial charge on any atom is -0.353 e. The summed E-state index contributed by atoms with van der Waals surface area (Å²) >= 11 is 3.54. The van der Waals surface area contributed by atoms with Crippen LogP contribution in [0.1, 0.15) is 24.1 Å². The predicted octanol–water partition coefficient (Wildman–Crippen LogP) is 3.23. The SMILES string of the molecule is O=C(CCNCc1cc(-c2cccs2)cs1)NC1CC1. The monoisotopic (exact) mass is 306 g/mol. The molecule has 2 aromatic rings. The molecule has 3 rings (SSSR count). The van der Waals surface area contributed by atoms with Gasteiger partial charge < -0.3 is 10.6 Å². The van der Waals surface area contributed by atoms with Gasteiger partial charge in [-0.25, -0.2) is 0 Å². The van der Waals surface area contributed by atoms with Crippen molar-refractivity contribution in [3.05, 3.63) is 33.8 Å². The third kappa shape index (κ3) is 3.91. The Morgan fingerprint density at radius 1 is 1.35 bits per heavy atom. The summed E-state index contributed by atoms with van der Waals surface area (Å²) in [6.45, 7) is 1.58. The zero-order valence-electron chi connectivity index (χ0n) is 11.2. The standard InChI is InChI=1S/C15H18N2OS2/c18-15(17-12-3-4-12)5-6-16-9-13-8-11(10-20-13)14-2-1-7-19-14/h1-2,7-8,10,12,16H,3-6,9H2,(H,17,18). The van der Waals surface area contributed by atoms with Crippen molar-refractivity contribution in [2.45, 2.75) is 31.8 Å². The molecule has 0 saturated heterocycles. The van der Waals surface area contributed by atoms with E-state index in [1.807, 2.05) is 0 Å². The lowest BCUT2D eigenvalue weighted by Gasteiger charge is -2.04. The first-order valence-electron chi connectivity index (χ1n) is 6.92. The summed E-state index contributed by atoms with van der Waals surface area (Å²) in [5, 5.41) is 10.6. The lowest BCUT2D eigenvalue weighted by atomic mass is 10.2. The van der Waals surface area contributed by atoms with Crippen LogP contribution in [0, 0.1) is 0 Å². The van der Waals surface area contributed by atoms with Gasteiger partial charge in [-0.2, -0.15) is 0 Å². The minimum absolute atomic E-state index is 0.172. The zero-order valence-corrected chi connectivity index (χ0v) is 12.9. The van der Waals surface area contributed by atoms with Crippen molar-refractivity contribution < 1.29 is 4.79 Å². The Balaban J connectivity index is 1.39. The number of carbonyl (C=O) groups is 1. The second-order valence-corrected chi connectivity index (χ2v) is 6.99. The summed E-state index contributed by atoms with van der Waals surface area (Å²) in [4.78, 5) is 14.1. The normalized spacial score (nSPS) is 14.4. The molecule has 0 unspecified atom stereocenters. The molecule has 1 aliphatic rings. The van der Waals surface area contributed by atoms with Crippen LogP contribution in [-0.4, -0.2) is 18.5 Å². The van der Waals surface area contributed by atoms with Gasteiger partial charge in [0.1, 0.15) is 0 Å². The average molecular weight is 306 g/mol. The molecule has 3 nitrogen and oxygen atoms in total. The molecule has 0 radical (unpaired) electrons. The van der Waals surface area contributed by atoms with Crippen molar-refractivity contribution in [3.8, 4) is 10.4 Å². The van der Waals surface area contributed by atoms with Gasteiger partial charge in [0.05, 0.1) is 0 Å². The third-order valence-electron chi connectivity index (χ3n) is 3.23. The van der Waals surface area contributed by atoms with E-state index in [2.05, 4.69) is 39.6 Å². The zero-order chi connectivity index (χ0) is 13.8. The van der Waals surface area contributed by atoms with E-state index in [9.17, 15) is 4.79 Å². The van der Waals surface area contributed by atoms with E-state index in [1.54, 1.807) is 22.7 Å². The fourth-order valence-corrected chi connectivity index (χ4v) is 3.63. The lowest BCUT2D eigenvalue weighted by Crippen LogP contribution is -2.28. The van der Waals surface area contributed by atoms with E-state index in [1.165, 1.54) is 15.3 Å². The second kappa shape index (κ2) is 6.52. The molecule has 0 spiro atoms. The number of rotatable bonds is 7. The summed E-state index contributed by atoms with van der Waals surface area (Å²) in [6.07, 6.45) is 2.87. The number of carbonyl (C=O) groups excluding carboxylic acids is 1. The van der Waals surface area contributed by atoms with Crippen molar-refractivity contribution in [3.63, 3.8) is 0 Å². The highest BCUT2D eigenvalue weighted by atomic mass is 32.1. The fraction of sp³-hybridized carbons (Fsp3) is 0.400. The van der Waals surface area contributed by atoms with Crippen LogP contribution in [0.25, 0.3) is 10.4 Å². The van der Waals surface area contributed by atoms with Crippen molar-refractivity contribution in [2.75, 3.05) is 6.54 Å². The number of nitrogens with one attached hydrogen (secondary N) is 2. The van der Waals surface area contributed by atoms with E-state index in [0.717, 1.165) is 25.9 Å². The van der Waals surface area contributed by atoms with E-state index in [-0.39, 0.29) is 5.91 Å². The van der Waals surface area contributed by atoms with Gasteiger partial charge in [0, 0.05) is 40.9 Å². The van der Waals surface area contributed by atoms with Gasteiger partial charge in [-0.05, 0) is 35.7 Å². The highest BCUT2D eigenvalue weighted by Crippen LogP contribution is 2.29. The van der Waals surface area contributed by atoms with Crippen LogP contribution in [0.2, 0.25) is 0 Å². The van der Waals surface area contributed by atoms with Crippen molar-refractivity contribution in [2.24, 2.45) is 0 Å². The Hall–Kier alpha value is -1.17. The third-order valence-corrected chi connectivity index (χ3v) is 5.09. The first kappa shape index (κ1) is 13.8. The molecule has 1 aliphatic carbocycles. The molecule has 2 N–H and O–H groups in total. The maximum Gasteiger partial charge on any atom is 0.221 e. The van der Waals surface area contributed by atoms with Crippen molar-refractivity contribution in [1.82, 2.24) is 10.6 Å². The average Bonchev–Trinajstić information content (AvgIpc) is 2.96. The Morgan fingerprint density at radius 3 is 3.00 bits per heavy atom. The smallest absolute Gasteiger partial charge is 0.221 e. The van der Waals surface area contributed by atoms with Crippen molar-refractivity contribution >= 4 is 28.6 Å². The molecule has 20 heavy (non-hydrogen) atoms. The largest absolute Gasteiger partial charge is 0.353 e. The van der Waals surface area contributed by atoms with Crippen molar-refractivity contribution in [1.29, 1.82) is 0 Å². The van der Waals surface area contributed by atoms with Gasteiger partial charge in [-0.1, -0.05) is 6.07 Å². The lowest BCUT2D eigenvalue weighted by molar-refractivity contribution is -0.121. The molecule has 106 valence electrons. The second-order valence-electron chi connectivity index (χ2n) is 5.05. The van der Waals surface area contributed by atoms with E-state index < -0.39 is 0 Å². The summed E-state index contributed by atoms with van der Waals surface area (Å²) < 4.78 is 0. The van der Waals surface area contributed by atoms with E-state index in [4.69, 9.17) is 0 Å². The molecule has 0 bridgehead atoms. The minimum atomic E-state index is 0.172. The van der Waals surface area contributed by atoms with Crippen LogP contribution < -0.4 is 10.6 Å². The van der Waals surface area contributed by atoms with Gasteiger partial charge in [0.25, 0.3) is 0 Å². The summed E-state index contributed by atoms with van der Waals surface area (Å²) in [6, 6.07) is 6.92. The summed E-state index contributed by atoms with van der Waals surface area (Å²) in [5.74, 6) is 0.172. The van der Waals surface area contributed by atoms with Gasteiger partial charge in [-0.15, -0.1) is 22.7 Å². The first-order chi connectivity index (χ1) is 9.81. The Kier molecular flexibility index (Phi) is 4.50. The van der Waals surface area contributed by atoms with E-state index >= 15 is 0 Å². The fourth-order valence-electron chi connectivity index (χ4n) is 1.99. The van der Waals surface area contributed by atoms with Crippen LogP contribution in [-0.2, 0) is 11.3 Å². The van der Waals surface area contributed by atoms with Gasteiger partial charge in [0.15, 0.2) is 0 Å². The molecule has 2 heterocycles. The molecule has 0 atom stereocenters. The summed E-state index contributed by atoms with van der Waals surface area (Å²) in [7, 11) is 0. The molecular weight excluding hydrogens is 288 g/mol. The van der Waals surface area contributed by atoms with Crippen LogP contribution in [0.4, 0.5) is 0 Å². The topological polar surface area (TPSA) is 41.1 Å². The van der Waals surface area contributed by atoms with Crippen LogP contribution in [0.3, 0.4) is 0 Å². The molecule has 1 amide bonds. The van der Waals surface area contributed by atoms with E-state index in [0.29, 0.717) is 12.5 Å². The molecular formula is C15H18N2OS2. The predicted molar refractivity (Wildman–Crippen MR) is 85.1 cm³/mol. The number of amides is 1. The molecule has 0 aliphatic heterocycles. The molecule has 0 aromatic carbocycles. The molecule has 5 heteroatoms. The Labute approximate surface area is 127 Å². The van der Waals surface area contributed by atoms with Gasteiger partial charge >= 0.3 is 0 Å². The highest BCUT2D eigenvalue weighted by molar-refractivity contribution is 7.14. The maximum absolute atomic E-state index is 11.5. The maximum atomic E-state index is 11.5. The van der Waals surface area contributed by atoms with Crippen LogP contribution in [0.5, 0.6) is 0 Å². The number of hydrogen-bond donors (Lipinski definition) is 2. The Bertz CT molecular complexity index is 558. The highest BCUT2D eigenvalue weighted by Gasteiger charge is 2.22. The molecule has 1 fully saturated rings. The van der Waals surface area contributed by atoms with Crippen LogP contribution >= 0.6 is 22.7 Å². The number of hydrogen-bond acceptors (Lipinski definition) is 4. The molecule has 2 aromatic heterocycles. The molecule has 1 saturated carbocycles. The Morgan fingerprint density at radius 2 is 2.25 bits per heavy atom. The first-order valence-corrected chi connectivity index (χ1v) is 8.68. The van der Waals surface area contributed by atoms with Gasteiger partial charge in [-0.3, -0.25) is 4.79 Å². The summed E-state index contributed by atoms with van der Waals surface area (Å²) in [5.41, 5.74) is 1.30.